The summed E-state index contributed by atoms with van der Waals surface area (Å²) in [5.41, 5.74) is 3.99. The van der Waals surface area contributed by atoms with Crippen LogP contribution in [0.2, 0.25) is 0 Å². The molecule has 1 aromatic rings. The molecule has 2 spiro atoms. The van der Waals surface area contributed by atoms with Crippen LogP contribution in [0, 0.1) is 56.7 Å². The second-order valence-electron chi connectivity index (χ2n) is 17.5. The van der Waals surface area contributed by atoms with Crippen LogP contribution in [0.1, 0.15) is 125 Å². The molecule has 45 heavy (non-hydrogen) atoms. The Kier molecular flexibility index (Phi) is 8.13. The third-order valence-corrected chi connectivity index (χ3v) is 15.4. The van der Waals surface area contributed by atoms with Gasteiger partial charge in [0.1, 0.15) is 6.10 Å². The Balaban J connectivity index is 1.14. The Morgan fingerprint density at radius 2 is 1.69 bits per heavy atom. The SMILES string of the molecule is C=C(CC[C@@H](C)[C@H]1CC[C@@]2(C)[C@@H]3CC[C@H]4C(C)(C)[C@@H](OC(=O)/C=C/c5ccc(O)c(OC)c5)CC[C@@]45C[C@]35CC[C@]12C)C(C)C. The molecule has 4 heteroatoms. The lowest BCUT2D eigenvalue weighted by Crippen LogP contribution is -2.58. The van der Waals surface area contributed by atoms with Gasteiger partial charge in [0.2, 0.25) is 0 Å². The second kappa shape index (κ2) is 11.2. The molecule has 5 fully saturated rings. The highest BCUT2D eigenvalue weighted by atomic mass is 16.5. The largest absolute Gasteiger partial charge is 0.504 e. The molecule has 0 heterocycles. The smallest absolute Gasteiger partial charge is 0.331 e. The molecule has 9 atom stereocenters. The molecule has 4 nitrogen and oxygen atoms in total. The van der Waals surface area contributed by atoms with Gasteiger partial charge in [0.15, 0.2) is 11.5 Å². The predicted octanol–water partition coefficient (Wildman–Crippen LogP) is 10.4. The predicted molar refractivity (Wildman–Crippen MR) is 183 cm³/mol. The lowest BCUT2D eigenvalue weighted by atomic mass is 9.41. The molecular formula is C41H60O4. The van der Waals surface area contributed by atoms with Gasteiger partial charge in [0, 0.05) is 11.5 Å². The van der Waals surface area contributed by atoms with E-state index in [-0.39, 0.29) is 23.2 Å². The number of carbonyl (C=O) groups excluding carboxylic acids is 1. The molecule has 0 aliphatic heterocycles. The number of benzene rings is 1. The first-order valence-corrected chi connectivity index (χ1v) is 18.1. The van der Waals surface area contributed by atoms with Gasteiger partial charge in [-0.25, -0.2) is 4.79 Å². The minimum Gasteiger partial charge on any atom is -0.504 e. The van der Waals surface area contributed by atoms with E-state index in [1.54, 1.807) is 24.3 Å². The number of aromatic hydroxyl groups is 1. The molecule has 0 bridgehead atoms. The van der Waals surface area contributed by atoms with Crippen molar-refractivity contribution in [3.63, 3.8) is 0 Å². The van der Waals surface area contributed by atoms with Crippen molar-refractivity contribution in [2.45, 2.75) is 125 Å². The first-order chi connectivity index (χ1) is 21.1. The summed E-state index contributed by atoms with van der Waals surface area (Å²) in [5.74, 6) is 3.84. The molecule has 248 valence electrons. The summed E-state index contributed by atoms with van der Waals surface area (Å²) in [6, 6.07) is 5.08. The number of hydrogen-bond donors (Lipinski definition) is 1. The highest BCUT2D eigenvalue weighted by Gasteiger charge is 2.82. The number of phenolic OH excluding ortho intramolecular Hbond substituents is 1. The first kappa shape index (κ1) is 32.7. The Bertz CT molecular complexity index is 1360. The van der Waals surface area contributed by atoms with Crippen LogP contribution in [0.25, 0.3) is 6.08 Å². The van der Waals surface area contributed by atoms with E-state index in [1.807, 2.05) is 0 Å². The van der Waals surface area contributed by atoms with Crippen molar-refractivity contribution in [2.75, 3.05) is 7.11 Å². The topological polar surface area (TPSA) is 55.8 Å². The van der Waals surface area contributed by atoms with E-state index in [2.05, 4.69) is 55.0 Å². The van der Waals surface area contributed by atoms with Gasteiger partial charge in [-0.1, -0.05) is 66.7 Å². The van der Waals surface area contributed by atoms with Crippen LogP contribution in [0.4, 0.5) is 0 Å². The third kappa shape index (κ3) is 4.85. The quantitative estimate of drug-likeness (QED) is 0.170. The Labute approximate surface area is 273 Å². The fourth-order valence-electron chi connectivity index (χ4n) is 12.5. The van der Waals surface area contributed by atoms with Gasteiger partial charge in [-0.3, -0.25) is 0 Å². The average Bonchev–Trinajstić information content (AvgIpc) is 3.58. The van der Waals surface area contributed by atoms with Crippen molar-refractivity contribution < 1.29 is 19.4 Å². The van der Waals surface area contributed by atoms with Gasteiger partial charge >= 0.3 is 5.97 Å². The average molecular weight is 617 g/mol. The van der Waals surface area contributed by atoms with Crippen LogP contribution in [0.15, 0.2) is 36.4 Å². The molecule has 0 saturated heterocycles. The van der Waals surface area contributed by atoms with Crippen LogP contribution < -0.4 is 4.74 Å². The van der Waals surface area contributed by atoms with E-state index >= 15 is 0 Å². The summed E-state index contributed by atoms with van der Waals surface area (Å²) >= 11 is 0. The zero-order chi connectivity index (χ0) is 32.6. The molecular weight excluding hydrogens is 556 g/mol. The molecule has 6 rings (SSSR count). The number of allylic oxidation sites excluding steroid dienone is 1. The maximum absolute atomic E-state index is 13.1. The van der Waals surface area contributed by atoms with E-state index < -0.39 is 0 Å². The molecule has 1 N–H and O–H groups in total. The van der Waals surface area contributed by atoms with E-state index in [1.165, 1.54) is 83.0 Å². The van der Waals surface area contributed by atoms with Crippen molar-refractivity contribution in [1.82, 2.24) is 0 Å². The normalized spacial score (nSPS) is 40.2. The Morgan fingerprint density at radius 1 is 0.978 bits per heavy atom. The fraction of sp³-hybridized carbons (Fsp3) is 0.732. The molecule has 5 aliphatic carbocycles. The number of rotatable bonds is 9. The van der Waals surface area contributed by atoms with E-state index in [0.717, 1.165) is 29.7 Å². The van der Waals surface area contributed by atoms with Crippen molar-refractivity contribution in [3.05, 3.63) is 42.0 Å². The highest BCUT2D eigenvalue weighted by Crippen LogP contribution is 2.89. The molecule has 5 aliphatic rings. The van der Waals surface area contributed by atoms with Gasteiger partial charge in [-0.15, -0.1) is 0 Å². The monoisotopic (exact) mass is 616 g/mol. The van der Waals surface area contributed by atoms with Crippen molar-refractivity contribution in [2.24, 2.45) is 56.7 Å². The van der Waals surface area contributed by atoms with Gasteiger partial charge in [-0.2, -0.15) is 0 Å². The minimum absolute atomic E-state index is 0.0365. The molecule has 0 aromatic heterocycles. The third-order valence-electron chi connectivity index (χ3n) is 15.4. The number of carbonyl (C=O) groups is 1. The van der Waals surface area contributed by atoms with Crippen LogP contribution in [-0.2, 0) is 9.53 Å². The Morgan fingerprint density at radius 3 is 2.40 bits per heavy atom. The highest BCUT2D eigenvalue weighted by molar-refractivity contribution is 5.87. The second-order valence-corrected chi connectivity index (χ2v) is 17.5. The maximum Gasteiger partial charge on any atom is 0.331 e. The number of hydrogen-bond acceptors (Lipinski definition) is 4. The molecule has 5 saturated carbocycles. The summed E-state index contributed by atoms with van der Waals surface area (Å²) in [6.45, 7) is 21.7. The van der Waals surface area contributed by atoms with Crippen molar-refractivity contribution in [1.29, 1.82) is 0 Å². The number of ether oxygens (including phenoxy) is 2. The van der Waals surface area contributed by atoms with Crippen LogP contribution in [0.3, 0.4) is 0 Å². The molecule has 0 radical (unpaired) electrons. The number of phenols is 1. The van der Waals surface area contributed by atoms with E-state index in [0.29, 0.717) is 39.2 Å². The number of esters is 1. The standard InChI is InChI=1S/C41H60O4/c1-26(2)27(3)10-11-28(4)30-18-20-39(8)34-16-15-33-37(5,6)35(19-21-40(33)25-41(34,40)23-22-38(30,39)7)45-36(43)17-13-29-12-14-31(42)32(24-29)44-9/h12-14,17,24,26,28,30,33-35,42H,3,10-11,15-16,18-23,25H2,1-2,4-9H3/b17-13+/t28-,30-,33+,34+,35+,38-,39+,40-,41-/m1/s1. The van der Waals surface area contributed by atoms with Gasteiger partial charge < -0.3 is 14.6 Å². The van der Waals surface area contributed by atoms with E-state index in [9.17, 15) is 9.90 Å². The van der Waals surface area contributed by atoms with Gasteiger partial charge in [-0.05, 0) is 146 Å². The number of fused-ring (bicyclic) bond motifs is 2. The van der Waals surface area contributed by atoms with Crippen LogP contribution in [-0.4, -0.2) is 24.3 Å². The van der Waals surface area contributed by atoms with Crippen molar-refractivity contribution in [3.8, 4) is 11.5 Å². The number of methoxy groups -OCH3 is 1. The summed E-state index contributed by atoms with van der Waals surface area (Å²) in [5, 5.41) is 9.89. The summed E-state index contributed by atoms with van der Waals surface area (Å²) in [6.07, 6.45) is 17.5. The van der Waals surface area contributed by atoms with Gasteiger partial charge in [0.25, 0.3) is 0 Å². The van der Waals surface area contributed by atoms with Gasteiger partial charge in [0.05, 0.1) is 7.11 Å². The molecule has 1 aromatic carbocycles. The summed E-state index contributed by atoms with van der Waals surface area (Å²) in [7, 11) is 1.52. The van der Waals surface area contributed by atoms with Crippen molar-refractivity contribution >= 4 is 12.0 Å². The lowest BCUT2D eigenvalue weighted by molar-refractivity contribution is -0.179. The fourth-order valence-corrected chi connectivity index (χ4v) is 12.5. The summed E-state index contributed by atoms with van der Waals surface area (Å²) < 4.78 is 11.5. The zero-order valence-electron chi connectivity index (χ0n) is 29.5. The maximum atomic E-state index is 13.1. The Hall–Kier alpha value is -2.23. The lowest BCUT2D eigenvalue weighted by Gasteiger charge is -2.63. The zero-order valence-corrected chi connectivity index (χ0v) is 29.5. The first-order valence-electron chi connectivity index (χ1n) is 18.1. The molecule has 0 unspecified atom stereocenters. The van der Waals surface area contributed by atoms with E-state index in [4.69, 9.17) is 9.47 Å². The minimum atomic E-state index is -0.278. The van der Waals surface area contributed by atoms with Crippen LogP contribution in [0.5, 0.6) is 11.5 Å². The van der Waals surface area contributed by atoms with Crippen LogP contribution >= 0.6 is 0 Å². The molecule has 0 amide bonds. The summed E-state index contributed by atoms with van der Waals surface area (Å²) in [4.78, 5) is 13.1.